The van der Waals surface area contributed by atoms with Crippen molar-refractivity contribution in [3.8, 4) is 6.07 Å². The lowest BCUT2D eigenvalue weighted by atomic mass is 9.83. The molecule has 2 rings (SSSR count). The van der Waals surface area contributed by atoms with Crippen molar-refractivity contribution in [3.05, 3.63) is 23.5 Å². The second kappa shape index (κ2) is 5.18. The Balaban J connectivity index is 1.70. The fourth-order valence-corrected chi connectivity index (χ4v) is 2.16. The molecule has 3 heteroatoms. The van der Waals surface area contributed by atoms with Gasteiger partial charge in [0.15, 0.2) is 0 Å². The van der Waals surface area contributed by atoms with Crippen LogP contribution in [0, 0.1) is 17.2 Å². The largest absolute Gasteiger partial charge is 0.342 e. The van der Waals surface area contributed by atoms with E-state index >= 15 is 0 Å². The third-order valence-electron chi connectivity index (χ3n) is 3.46. The van der Waals surface area contributed by atoms with Gasteiger partial charge < -0.3 is 9.88 Å². The molecule has 0 amide bonds. The summed E-state index contributed by atoms with van der Waals surface area (Å²) in [5, 5.41) is 12.3. The van der Waals surface area contributed by atoms with Crippen LogP contribution in [0.2, 0.25) is 0 Å². The van der Waals surface area contributed by atoms with Crippen molar-refractivity contribution in [1.82, 2.24) is 9.88 Å². The van der Waals surface area contributed by atoms with Crippen molar-refractivity contribution >= 4 is 0 Å². The van der Waals surface area contributed by atoms with Crippen LogP contribution in [0.5, 0.6) is 0 Å². The predicted octanol–water partition coefficient (Wildman–Crippen LogP) is 2.18. The molecule has 1 saturated carbocycles. The number of nitrogens with zero attached hydrogens (tertiary/aromatic N) is 2. The predicted molar refractivity (Wildman–Crippen MR) is 63.8 cm³/mol. The minimum absolute atomic E-state index is 0.732. The molecule has 0 aliphatic heterocycles. The molecule has 86 valence electrons. The minimum Gasteiger partial charge on any atom is -0.342 e. The maximum absolute atomic E-state index is 8.82. The average molecular weight is 217 g/mol. The molecule has 1 heterocycles. The lowest BCUT2D eigenvalue weighted by Crippen LogP contribution is -2.20. The molecular formula is C13H19N3. The highest BCUT2D eigenvalue weighted by Crippen LogP contribution is 2.28. The Kier molecular flexibility index (Phi) is 3.63. The molecule has 0 atom stereocenters. The van der Waals surface area contributed by atoms with Crippen LogP contribution < -0.4 is 5.32 Å². The zero-order chi connectivity index (χ0) is 11.4. The molecule has 16 heavy (non-hydrogen) atoms. The van der Waals surface area contributed by atoms with Gasteiger partial charge in [0.1, 0.15) is 11.8 Å². The summed E-state index contributed by atoms with van der Waals surface area (Å²) in [4.78, 5) is 0. The Bertz CT molecular complexity index is 382. The third kappa shape index (κ3) is 2.65. The van der Waals surface area contributed by atoms with Gasteiger partial charge in [-0.05, 0) is 30.5 Å². The first kappa shape index (κ1) is 11.2. The topological polar surface area (TPSA) is 40.8 Å². The van der Waals surface area contributed by atoms with Crippen LogP contribution >= 0.6 is 0 Å². The van der Waals surface area contributed by atoms with Crippen molar-refractivity contribution in [1.29, 1.82) is 5.26 Å². The summed E-state index contributed by atoms with van der Waals surface area (Å²) in [5.41, 5.74) is 1.93. The van der Waals surface area contributed by atoms with Crippen LogP contribution in [-0.4, -0.2) is 11.1 Å². The third-order valence-corrected chi connectivity index (χ3v) is 3.46. The molecule has 1 aliphatic rings. The van der Waals surface area contributed by atoms with E-state index in [1.54, 1.807) is 0 Å². The molecule has 1 N–H and O–H groups in total. The van der Waals surface area contributed by atoms with E-state index in [1.807, 2.05) is 23.9 Å². The molecule has 0 saturated heterocycles. The molecule has 3 nitrogen and oxygen atoms in total. The molecule has 0 spiro atoms. The van der Waals surface area contributed by atoms with Crippen molar-refractivity contribution in [2.75, 3.05) is 6.54 Å². The van der Waals surface area contributed by atoms with Crippen LogP contribution in [0.25, 0.3) is 0 Å². The first-order chi connectivity index (χ1) is 7.79. The first-order valence-corrected chi connectivity index (χ1v) is 6.05. The summed E-state index contributed by atoms with van der Waals surface area (Å²) < 4.78 is 1.88. The molecule has 1 fully saturated rings. The van der Waals surface area contributed by atoms with E-state index in [9.17, 15) is 0 Å². The van der Waals surface area contributed by atoms with Gasteiger partial charge in [0, 0.05) is 19.8 Å². The van der Waals surface area contributed by atoms with Gasteiger partial charge in [-0.3, -0.25) is 0 Å². The monoisotopic (exact) mass is 217 g/mol. The Labute approximate surface area is 97.1 Å². The molecular weight excluding hydrogens is 198 g/mol. The zero-order valence-corrected chi connectivity index (χ0v) is 9.87. The van der Waals surface area contributed by atoms with Crippen molar-refractivity contribution in [2.24, 2.45) is 13.0 Å². The Morgan fingerprint density at radius 2 is 2.38 bits per heavy atom. The summed E-state index contributed by atoms with van der Waals surface area (Å²) in [5.74, 6) is 0.970. The van der Waals surface area contributed by atoms with Crippen LogP contribution in [0.4, 0.5) is 0 Å². The van der Waals surface area contributed by atoms with E-state index in [-0.39, 0.29) is 0 Å². The van der Waals surface area contributed by atoms with E-state index < -0.39 is 0 Å². The Morgan fingerprint density at radius 3 is 2.94 bits per heavy atom. The number of aryl methyl sites for hydroxylation is 1. The second-order valence-corrected chi connectivity index (χ2v) is 4.72. The molecule has 0 aromatic carbocycles. The second-order valence-electron chi connectivity index (χ2n) is 4.72. The maximum atomic E-state index is 8.82. The molecule has 0 unspecified atom stereocenters. The highest BCUT2D eigenvalue weighted by Gasteiger charge is 2.16. The number of nitrogens with one attached hydrogen (secondary N) is 1. The van der Waals surface area contributed by atoms with Crippen LogP contribution in [0.1, 0.15) is 36.9 Å². The van der Waals surface area contributed by atoms with Crippen LogP contribution in [-0.2, 0) is 13.6 Å². The number of aromatic nitrogens is 1. The fraction of sp³-hybridized carbons (Fsp3) is 0.615. The van der Waals surface area contributed by atoms with Gasteiger partial charge in [0.25, 0.3) is 0 Å². The van der Waals surface area contributed by atoms with E-state index in [0.29, 0.717) is 0 Å². The van der Waals surface area contributed by atoms with E-state index in [2.05, 4.69) is 11.4 Å². The van der Waals surface area contributed by atoms with Crippen molar-refractivity contribution in [3.63, 3.8) is 0 Å². The lowest BCUT2D eigenvalue weighted by molar-refractivity contribution is 0.292. The molecule has 1 aromatic heterocycles. The maximum Gasteiger partial charge on any atom is 0.120 e. The van der Waals surface area contributed by atoms with Gasteiger partial charge in [-0.25, -0.2) is 0 Å². The summed E-state index contributed by atoms with van der Waals surface area (Å²) >= 11 is 0. The van der Waals surface area contributed by atoms with Crippen molar-refractivity contribution in [2.45, 2.75) is 32.2 Å². The fourth-order valence-electron chi connectivity index (χ4n) is 2.16. The highest BCUT2D eigenvalue weighted by molar-refractivity contribution is 5.28. The Morgan fingerprint density at radius 1 is 1.56 bits per heavy atom. The number of hydrogen-bond donors (Lipinski definition) is 1. The molecule has 0 bridgehead atoms. The van der Waals surface area contributed by atoms with Crippen LogP contribution in [0.3, 0.4) is 0 Å². The summed E-state index contributed by atoms with van der Waals surface area (Å²) in [6.45, 7) is 1.98. The zero-order valence-electron chi connectivity index (χ0n) is 9.87. The van der Waals surface area contributed by atoms with Gasteiger partial charge in [-0.2, -0.15) is 5.26 Å². The smallest absolute Gasteiger partial charge is 0.120 e. The van der Waals surface area contributed by atoms with Crippen molar-refractivity contribution < 1.29 is 0 Å². The number of rotatable bonds is 5. The summed E-state index contributed by atoms with van der Waals surface area (Å²) in [7, 11) is 1.91. The number of nitriles is 1. The van der Waals surface area contributed by atoms with Crippen LogP contribution in [0.15, 0.2) is 12.3 Å². The van der Waals surface area contributed by atoms with Gasteiger partial charge >= 0.3 is 0 Å². The molecule has 1 aromatic rings. The summed E-state index contributed by atoms with van der Waals surface area (Å²) in [6, 6.07) is 4.13. The molecule has 0 radical (unpaired) electrons. The molecule has 1 aliphatic carbocycles. The van der Waals surface area contributed by atoms with E-state index in [1.165, 1.54) is 31.2 Å². The first-order valence-electron chi connectivity index (χ1n) is 6.05. The van der Waals surface area contributed by atoms with Gasteiger partial charge in [0.05, 0.1) is 0 Å². The van der Waals surface area contributed by atoms with Gasteiger partial charge in [0.2, 0.25) is 0 Å². The lowest BCUT2D eigenvalue weighted by Gasteiger charge is -2.25. The Hall–Kier alpha value is -1.27. The standard InChI is InChI=1S/C13H19N3/c1-16-10-12(7-13(16)8-14)9-15-6-5-11-3-2-4-11/h7,10-11,15H,2-6,9H2,1H3. The van der Waals surface area contributed by atoms with Gasteiger partial charge in [-0.15, -0.1) is 0 Å². The van der Waals surface area contributed by atoms with Gasteiger partial charge in [-0.1, -0.05) is 19.3 Å². The van der Waals surface area contributed by atoms with E-state index in [4.69, 9.17) is 5.26 Å². The average Bonchev–Trinajstić information content (AvgIpc) is 2.56. The normalized spacial score (nSPS) is 15.8. The quantitative estimate of drug-likeness (QED) is 0.768. The summed E-state index contributed by atoms with van der Waals surface area (Å²) in [6.07, 6.45) is 7.60. The van der Waals surface area contributed by atoms with E-state index in [0.717, 1.165) is 24.7 Å². The minimum atomic E-state index is 0.732. The SMILES string of the molecule is Cn1cc(CNCCC2CCC2)cc1C#N. The highest BCUT2D eigenvalue weighted by atomic mass is 14.9. The number of hydrogen-bond acceptors (Lipinski definition) is 2.